The van der Waals surface area contributed by atoms with Crippen molar-refractivity contribution in [3.05, 3.63) is 65.1 Å². The van der Waals surface area contributed by atoms with Gasteiger partial charge in [-0.05, 0) is 66.5 Å². The number of fused-ring (bicyclic) bond motifs is 4. The minimum atomic E-state index is 0.255. The molecule has 0 atom stereocenters. The highest BCUT2D eigenvalue weighted by atomic mass is 32.1. The zero-order valence-electron chi connectivity index (χ0n) is 20.6. The van der Waals surface area contributed by atoms with Gasteiger partial charge in [0.15, 0.2) is 0 Å². The molecule has 0 saturated carbocycles. The van der Waals surface area contributed by atoms with Crippen molar-refractivity contribution in [2.45, 2.75) is 60.8 Å². The highest BCUT2D eigenvalue weighted by Crippen LogP contribution is 2.41. The van der Waals surface area contributed by atoms with E-state index in [-0.39, 0.29) is 5.41 Å². The molecule has 0 aliphatic heterocycles. The molecule has 3 aromatic heterocycles. The summed E-state index contributed by atoms with van der Waals surface area (Å²) in [5, 5.41) is 2.40. The summed E-state index contributed by atoms with van der Waals surface area (Å²) >= 11 is 1.83. The number of benzene rings is 2. The Morgan fingerprint density at radius 3 is 2.42 bits per heavy atom. The number of aromatic nitrogens is 3. The van der Waals surface area contributed by atoms with Crippen molar-refractivity contribution < 1.29 is 0 Å². The van der Waals surface area contributed by atoms with E-state index >= 15 is 0 Å². The van der Waals surface area contributed by atoms with E-state index in [1.165, 1.54) is 32.2 Å². The van der Waals surface area contributed by atoms with Crippen LogP contribution < -0.4 is 0 Å². The lowest BCUT2D eigenvalue weighted by molar-refractivity contribution is 0.410. The van der Waals surface area contributed by atoms with Crippen LogP contribution in [0.3, 0.4) is 0 Å². The molecule has 0 bridgehead atoms. The Hall–Kier alpha value is -2.85. The lowest BCUT2D eigenvalue weighted by Gasteiger charge is -2.19. The number of nitrogens with zero attached hydrogens (tertiary/aromatic N) is 3. The molecule has 0 spiro atoms. The molecular formula is C29H31N3S. The molecule has 3 heterocycles. The van der Waals surface area contributed by atoms with Crippen LogP contribution in [-0.4, -0.2) is 15.0 Å². The number of pyridine rings is 1. The average molecular weight is 454 g/mol. The molecular weight excluding hydrogens is 422 g/mol. The molecule has 0 fully saturated rings. The Kier molecular flexibility index (Phi) is 5.24. The second kappa shape index (κ2) is 7.88. The number of hydrogen-bond acceptors (Lipinski definition) is 4. The van der Waals surface area contributed by atoms with Gasteiger partial charge in [0.2, 0.25) is 0 Å². The van der Waals surface area contributed by atoms with Gasteiger partial charge in [0.25, 0.3) is 0 Å². The van der Waals surface area contributed by atoms with Crippen molar-refractivity contribution in [2.75, 3.05) is 0 Å². The Morgan fingerprint density at radius 1 is 0.909 bits per heavy atom. The van der Waals surface area contributed by atoms with Gasteiger partial charge in [-0.25, -0.2) is 9.97 Å². The summed E-state index contributed by atoms with van der Waals surface area (Å²) in [5.41, 5.74) is 9.67. The summed E-state index contributed by atoms with van der Waals surface area (Å²) in [6.07, 6.45) is 2.78. The average Bonchev–Trinajstić information content (AvgIpc) is 3.13. The fraction of sp³-hybridized carbons (Fsp3) is 0.345. The zero-order valence-corrected chi connectivity index (χ0v) is 21.4. The molecule has 2 aromatic carbocycles. The number of rotatable bonds is 3. The molecule has 0 N–H and O–H groups in total. The van der Waals surface area contributed by atoms with Gasteiger partial charge in [-0.15, -0.1) is 11.3 Å². The van der Waals surface area contributed by atoms with Gasteiger partial charge in [0.05, 0.1) is 21.4 Å². The van der Waals surface area contributed by atoms with Crippen molar-refractivity contribution in [1.82, 2.24) is 15.0 Å². The summed E-state index contributed by atoms with van der Waals surface area (Å²) < 4.78 is 2.49. The van der Waals surface area contributed by atoms with E-state index in [1.54, 1.807) is 6.33 Å². The topological polar surface area (TPSA) is 38.7 Å². The van der Waals surface area contributed by atoms with Crippen LogP contribution in [0.2, 0.25) is 0 Å². The first-order valence-corrected chi connectivity index (χ1v) is 12.5. The Balaban J connectivity index is 1.76. The number of aryl methyl sites for hydroxylation is 2. The Labute approximate surface area is 199 Å². The molecule has 0 unspecified atom stereocenters. The van der Waals surface area contributed by atoms with Crippen LogP contribution in [-0.2, 0) is 6.42 Å². The molecule has 0 saturated heterocycles. The van der Waals surface area contributed by atoms with Crippen molar-refractivity contribution in [3.63, 3.8) is 0 Å². The molecule has 168 valence electrons. The molecule has 0 amide bonds. The quantitative estimate of drug-likeness (QED) is 0.275. The van der Waals surface area contributed by atoms with Crippen molar-refractivity contribution in [1.29, 1.82) is 0 Å². The number of hydrogen-bond donors (Lipinski definition) is 0. The molecule has 33 heavy (non-hydrogen) atoms. The predicted octanol–water partition coefficient (Wildman–Crippen LogP) is 8.39. The molecule has 0 radical (unpaired) electrons. The predicted molar refractivity (Wildman–Crippen MR) is 142 cm³/mol. The van der Waals surface area contributed by atoms with Crippen LogP contribution in [0, 0.1) is 19.3 Å². The molecule has 5 rings (SSSR count). The van der Waals surface area contributed by atoms with Gasteiger partial charge in [0.1, 0.15) is 6.33 Å². The molecule has 4 heteroatoms. The Bertz CT molecular complexity index is 1520. The van der Waals surface area contributed by atoms with E-state index in [2.05, 4.69) is 84.9 Å². The Morgan fingerprint density at radius 2 is 1.70 bits per heavy atom. The molecule has 0 aliphatic rings. The maximum Gasteiger partial charge on any atom is 0.116 e. The minimum absolute atomic E-state index is 0.255. The first kappa shape index (κ1) is 22.0. The number of thiophene rings is 1. The van der Waals surface area contributed by atoms with E-state index in [4.69, 9.17) is 15.0 Å². The molecule has 5 aromatic rings. The van der Waals surface area contributed by atoms with Gasteiger partial charge in [-0.2, -0.15) is 0 Å². The third-order valence-corrected chi connectivity index (χ3v) is 7.68. The first-order chi connectivity index (χ1) is 15.6. The third kappa shape index (κ3) is 3.91. The van der Waals surface area contributed by atoms with E-state index in [0.717, 1.165) is 39.1 Å². The second-order valence-corrected chi connectivity index (χ2v) is 11.7. The van der Waals surface area contributed by atoms with Gasteiger partial charge < -0.3 is 0 Å². The maximum atomic E-state index is 4.85. The van der Waals surface area contributed by atoms with Gasteiger partial charge >= 0.3 is 0 Å². The van der Waals surface area contributed by atoms with E-state index in [9.17, 15) is 0 Å². The van der Waals surface area contributed by atoms with Crippen LogP contribution in [0.4, 0.5) is 0 Å². The first-order valence-electron chi connectivity index (χ1n) is 11.7. The summed E-state index contributed by atoms with van der Waals surface area (Å²) in [5.74, 6) is 0.378. The lowest BCUT2D eigenvalue weighted by atomic mass is 9.86. The summed E-state index contributed by atoms with van der Waals surface area (Å²) in [4.78, 5) is 14.4. The van der Waals surface area contributed by atoms with Crippen molar-refractivity contribution in [2.24, 2.45) is 5.41 Å². The van der Waals surface area contributed by atoms with Crippen LogP contribution in [0.25, 0.3) is 42.5 Å². The summed E-state index contributed by atoms with van der Waals surface area (Å²) in [6, 6.07) is 13.3. The third-order valence-electron chi connectivity index (χ3n) is 6.36. The fourth-order valence-electron chi connectivity index (χ4n) is 4.72. The molecule has 0 aliphatic carbocycles. The van der Waals surface area contributed by atoms with Gasteiger partial charge in [-0.1, -0.05) is 52.8 Å². The molecule has 3 nitrogen and oxygen atoms in total. The minimum Gasteiger partial charge on any atom is -0.253 e. The smallest absolute Gasteiger partial charge is 0.116 e. The largest absolute Gasteiger partial charge is 0.253 e. The SMILES string of the molecule is Cc1ccc2cc(-c3ncnc4c3sc3c(C)c(CC(C)(C)C)ccc34)cc(C(C)C)c2n1. The van der Waals surface area contributed by atoms with Crippen LogP contribution >= 0.6 is 11.3 Å². The van der Waals surface area contributed by atoms with Crippen LogP contribution in [0.5, 0.6) is 0 Å². The van der Waals surface area contributed by atoms with Crippen LogP contribution in [0.15, 0.2) is 42.7 Å². The normalized spacial score (nSPS) is 12.5. The zero-order chi connectivity index (χ0) is 23.5. The van der Waals surface area contributed by atoms with E-state index in [1.807, 2.05) is 11.3 Å². The summed E-state index contributed by atoms with van der Waals surface area (Å²) in [7, 11) is 0. The summed E-state index contributed by atoms with van der Waals surface area (Å²) in [6.45, 7) is 15.7. The highest BCUT2D eigenvalue weighted by molar-refractivity contribution is 7.26. The fourth-order valence-corrected chi connectivity index (χ4v) is 6.01. The highest BCUT2D eigenvalue weighted by Gasteiger charge is 2.19. The van der Waals surface area contributed by atoms with Crippen molar-refractivity contribution >= 4 is 42.5 Å². The van der Waals surface area contributed by atoms with Gasteiger partial charge in [-0.3, -0.25) is 4.98 Å². The standard InChI is InChI=1S/C29H31N3S/c1-16(2)23-13-21(12-19-9-8-17(3)32-24(19)23)25-28-26(31-15-30-25)22-11-10-20(14-29(5,6)7)18(4)27(22)33-28/h8-13,15-16H,14H2,1-7H3. The van der Waals surface area contributed by atoms with E-state index < -0.39 is 0 Å². The van der Waals surface area contributed by atoms with Gasteiger partial charge in [0, 0.05) is 26.7 Å². The lowest BCUT2D eigenvalue weighted by Crippen LogP contribution is -2.10. The van der Waals surface area contributed by atoms with Crippen molar-refractivity contribution in [3.8, 4) is 11.3 Å². The second-order valence-electron chi connectivity index (χ2n) is 10.7. The van der Waals surface area contributed by atoms with E-state index in [0.29, 0.717) is 5.92 Å². The maximum absolute atomic E-state index is 4.85. The monoisotopic (exact) mass is 453 g/mol. The van der Waals surface area contributed by atoms with Crippen LogP contribution in [0.1, 0.15) is 62.9 Å².